The molecule has 0 unspecified atom stereocenters. The molecule has 8 heteroatoms. The Morgan fingerprint density at radius 2 is 2.04 bits per heavy atom. The molecule has 0 bridgehead atoms. The van der Waals surface area contributed by atoms with E-state index in [1.165, 1.54) is 0 Å². The highest BCUT2D eigenvalue weighted by atomic mass is 32.2. The van der Waals surface area contributed by atoms with Gasteiger partial charge in [0.25, 0.3) is 5.91 Å². The molecule has 23 heavy (non-hydrogen) atoms. The number of nitrogens with zero attached hydrogens (tertiary/aromatic N) is 4. The SMILES string of the molecule is CCn1nccc1C(=O)Nc1nnc(-c2ccc(SC)cc2)o1. The summed E-state index contributed by atoms with van der Waals surface area (Å²) in [6, 6.07) is 9.44. The van der Waals surface area contributed by atoms with Crippen molar-refractivity contribution >= 4 is 23.7 Å². The summed E-state index contributed by atoms with van der Waals surface area (Å²) in [5.74, 6) is 0.0224. The first-order chi connectivity index (χ1) is 11.2. The number of rotatable bonds is 5. The number of hydrogen-bond donors (Lipinski definition) is 1. The van der Waals surface area contributed by atoms with Gasteiger partial charge in [0.2, 0.25) is 5.89 Å². The van der Waals surface area contributed by atoms with Crippen molar-refractivity contribution in [3.63, 3.8) is 0 Å². The Labute approximate surface area is 137 Å². The molecular weight excluding hydrogens is 314 g/mol. The minimum Gasteiger partial charge on any atom is -0.403 e. The van der Waals surface area contributed by atoms with Crippen LogP contribution in [0.1, 0.15) is 17.4 Å². The summed E-state index contributed by atoms with van der Waals surface area (Å²) in [7, 11) is 0. The standard InChI is InChI=1S/C15H15N5O2S/c1-3-20-12(8-9-16-20)13(21)17-15-19-18-14(22-15)10-4-6-11(23-2)7-5-10/h4-9H,3H2,1-2H3,(H,17,19,21). The third-order valence-electron chi connectivity index (χ3n) is 3.23. The van der Waals surface area contributed by atoms with Crippen molar-refractivity contribution in [2.45, 2.75) is 18.4 Å². The topological polar surface area (TPSA) is 85.8 Å². The van der Waals surface area contributed by atoms with Crippen LogP contribution >= 0.6 is 11.8 Å². The largest absolute Gasteiger partial charge is 0.403 e. The zero-order chi connectivity index (χ0) is 16.2. The summed E-state index contributed by atoms with van der Waals surface area (Å²) in [4.78, 5) is 13.3. The van der Waals surface area contributed by atoms with Gasteiger partial charge in [-0.15, -0.1) is 16.9 Å². The van der Waals surface area contributed by atoms with Crippen LogP contribution in [-0.4, -0.2) is 32.1 Å². The Bertz CT molecular complexity index is 809. The van der Waals surface area contributed by atoms with Crippen LogP contribution in [0.3, 0.4) is 0 Å². The average Bonchev–Trinajstić information content (AvgIpc) is 3.23. The number of anilines is 1. The monoisotopic (exact) mass is 329 g/mol. The zero-order valence-corrected chi connectivity index (χ0v) is 13.5. The second-order valence-corrected chi connectivity index (χ2v) is 5.51. The number of amides is 1. The Kier molecular flexibility index (Phi) is 4.42. The summed E-state index contributed by atoms with van der Waals surface area (Å²) in [6.45, 7) is 2.51. The van der Waals surface area contributed by atoms with E-state index in [4.69, 9.17) is 4.42 Å². The first kappa shape index (κ1) is 15.3. The molecule has 1 amide bonds. The van der Waals surface area contributed by atoms with E-state index < -0.39 is 0 Å². The minimum atomic E-state index is -0.336. The maximum atomic E-state index is 12.2. The number of carbonyl (C=O) groups excluding carboxylic acids is 1. The lowest BCUT2D eigenvalue weighted by Crippen LogP contribution is -2.17. The van der Waals surface area contributed by atoms with Crippen LogP contribution < -0.4 is 5.32 Å². The Hall–Kier alpha value is -2.61. The van der Waals surface area contributed by atoms with E-state index in [2.05, 4.69) is 20.6 Å². The number of aryl methyl sites for hydroxylation is 1. The second kappa shape index (κ2) is 6.66. The van der Waals surface area contributed by atoms with Gasteiger partial charge in [0, 0.05) is 23.2 Å². The fourth-order valence-corrected chi connectivity index (χ4v) is 2.47. The van der Waals surface area contributed by atoms with Gasteiger partial charge in [0.05, 0.1) is 0 Å². The smallest absolute Gasteiger partial charge is 0.322 e. The van der Waals surface area contributed by atoms with Crippen LogP contribution in [0.15, 0.2) is 45.8 Å². The van der Waals surface area contributed by atoms with E-state index in [1.54, 1.807) is 28.7 Å². The third kappa shape index (κ3) is 3.26. The maximum Gasteiger partial charge on any atom is 0.322 e. The molecule has 0 radical (unpaired) electrons. The molecular formula is C15H15N5O2S. The first-order valence-corrected chi connectivity index (χ1v) is 8.25. The molecule has 0 saturated carbocycles. The molecule has 7 nitrogen and oxygen atoms in total. The van der Waals surface area contributed by atoms with Gasteiger partial charge in [-0.3, -0.25) is 14.8 Å². The number of thioether (sulfide) groups is 1. The van der Waals surface area contributed by atoms with Crippen molar-refractivity contribution in [2.75, 3.05) is 11.6 Å². The Morgan fingerprint density at radius 1 is 1.26 bits per heavy atom. The van der Waals surface area contributed by atoms with Crippen molar-refractivity contribution in [3.8, 4) is 11.5 Å². The van der Waals surface area contributed by atoms with E-state index in [0.717, 1.165) is 10.5 Å². The van der Waals surface area contributed by atoms with E-state index in [-0.39, 0.29) is 11.9 Å². The lowest BCUT2D eigenvalue weighted by Gasteiger charge is -2.02. The van der Waals surface area contributed by atoms with Crippen LogP contribution in [0.2, 0.25) is 0 Å². The minimum absolute atomic E-state index is 0.0581. The van der Waals surface area contributed by atoms with Crippen LogP contribution in [0.4, 0.5) is 6.01 Å². The number of benzene rings is 1. The number of nitrogens with one attached hydrogen (secondary N) is 1. The molecule has 0 aliphatic rings. The summed E-state index contributed by atoms with van der Waals surface area (Å²) in [5, 5.41) is 14.5. The molecule has 0 saturated heterocycles. The average molecular weight is 329 g/mol. The Balaban J connectivity index is 1.75. The summed E-state index contributed by atoms with van der Waals surface area (Å²) < 4.78 is 7.09. The molecule has 0 atom stereocenters. The molecule has 3 aromatic rings. The molecule has 1 aromatic carbocycles. The summed E-state index contributed by atoms with van der Waals surface area (Å²) >= 11 is 1.66. The second-order valence-electron chi connectivity index (χ2n) is 4.63. The van der Waals surface area contributed by atoms with Gasteiger partial charge in [-0.25, -0.2) is 0 Å². The summed E-state index contributed by atoms with van der Waals surface area (Å²) in [5.41, 5.74) is 1.24. The molecule has 2 heterocycles. The molecule has 3 rings (SSSR count). The molecule has 0 fully saturated rings. The molecule has 0 aliphatic heterocycles. The van der Waals surface area contributed by atoms with Gasteiger partial charge >= 0.3 is 6.01 Å². The quantitative estimate of drug-likeness (QED) is 0.724. The number of aromatic nitrogens is 4. The van der Waals surface area contributed by atoms with E-state index in [0.29, 0.717) is 18.1 Å². The molecule has 118 valence electrons. The van der Waals surface area contributed by atoms with Gasteiger partial charge in [-0.2, -0.15) is 5.10 Å². The number of hydrogen-bond acceptors (Lipinski definition) is 6. The highest BCUT2D eigenvalue weighted by Crippen LogP contribution is 2.23. The van der Waals surface area contributed by atoms with Crippen molar-refractivity contribution < 1.29 is 9.21 Å². The van der Waals surface area contributed by atoms with E-state index in [9.17, 15) is 4.79 Å². The fourth-order valence-electron chi connectivity index (χ4n) is 2.06. The Morgan fingerprint density at radius 3 is 2.74 bits per heavy atom. The highest BCUT2D eigenvalue weighted by molar-refractivity contribution is 7.98. The van der Waals surface area contributed by atoms with Gasteiger partial charge in [-0.05, 0) is 43.5 Å². The molecule has 1 N–H and O–H groups in total. The van der Waals surface area contributed by atoms with Gasteiger partial charge in [0.1, 0.15) is 5.69 Å². The van der Waals surface area contributed by atoms with Gasteiger partial charge in [0.15, 0.2) is 0 Å². The van der Waals surface area contributed by atoms with Crippen molar-refractivity contribution in [3.05, 3.63) is 42.2 Å². The maximum absolute atomic E-state index is 12.2. The predicted octanol–water partition coefficient (Wildman–Crippen LogP) is 2.93. The van der Waals surface area contributed by atoms with Crippen molar-refractivity contribution in [1.82, 2.24) is 20.0 Å². The predicted molar refractivity (Wildman–Crippen MR) is 87.4 cm³/mol. The molecule has 0 aliphatic carbocycles. The van der Waals surface area contributed by atoms with Crippen LogP contribution in [0.25, 0.3) is 11.5 Å². The molecule has 0 spiro atoms. The first-order valence-electron chi connectivity index (χ1n) is 7.02. The van der Waals surface area contributed by atoms with Crippen molar-refractivity contribution in [2.24, 2.45) is 0 Å². The molecule has 2 aromatic heterocycles. The zero-order valence-electron chi connectivity index (χ0n) is 12.7. The third-order valence-corrected chi connectivity index (χ3v) is 3.97. The van der Waals surface area contributed by atoms with Crippen LogP contribution in [-0.2, 0) is 6.54 Å². The van der Waals surface area contributed by atoms with Gasteiger partial charge < -0.3 is 4.42 Å². The lowest BCUT2D eigenvalue weighted by molar-refractivity contribution is 0.101. The highest BCUT2D eigenvalue weighted by Gasteiger charge is 2.15. The lowest BCUT2D eigenvalue weighted by atomic mass is 10.2. The summed E-state index contributed by atoms with van der Waals surface area (Å²) in [6.07, 6.45) is 3.58. The van der Waals surface area contributed by atoms with Crippen LogP contribution in [0, 0.1) is 0 Å². The van der Waals surface area contributed by atoms with E-state index >= 15 is 0 Å². The van der Waals surface area contributed by atoms with E-state index in [1.807, 2.05) is 37.4 Å². The fraction of sp³-hybridized carbons (Fsp3) is 0.200. The number of carbonyl (C=O) groups is 1. The van der Waals surface area contributed by atoms with Gasteiger partial charge in [-0.1, -0.05) is 5.10 Å². The normalized spacial score (nSPS) is 10.7. The van der Waals surface area contributed by atoms with Crippen LogP contribution in [0.5, 0.6) is 0 Å². The van der Waals surface area contributed by atoms with Crippen molar-refractivity contribution in [1.29, 1.82) is 0 Å².